The highest BCUT2D eigenvalue weighted by atomic mass is 79.9. The SMILES string of the molecule is CCCCCCCc1cccc(C(=O)Br)c1C. The minimum absolute atomic E-state index is 0.0113. The van der Waals surface area contributed by atoms with E-state index in [1.807, 2.05) is 19.1 Å². The zero-order valence-electron chi connectivity index (χ0n) is 10.8. The van der Waals surface area contributed by atoms with Gasteiger partial charge in [0.15, 0.2) is 0 Å². The quantitative estimate of drug-likeness (QED) is 0.509. The van der Waals surface area contributed by atoms with Crippen LogP contribution in [-0.2, 0) is 6.42 Å². The lowest BCUT2D eigenvalue weighted by Crippen LogP contribution is -1.98. The predicted molar refractivity (Wildman–Crippen MR) is 76.9 cm³/mol. The number of unbranched alkanes of at least 4 members (excludes halogenated alkanes) is 4. The summed E-state index contributed by atoms with van der Waals surface area (Å²) in [5.74, 6) is 0. The largest absolute Gasteiger partial charge is 0.281 e. The number of halogens is 1. The van der Waals surface area contributed by atoms with Crippen molar-refractivity contribution in [2.75, 3.05) is 0 Å². The molecule has 0 aliphatic carbocycles. The molecule has 0 N–H and O–H groups in total. The van der Waals surface area contributed by atoms with Crippen LogP contribution in [0.5, 0.6) is 0 Å². The lowest BCUT2D eigenvalue weighted by molar-refractivity contribution is 0.109. The van der Waals surface area contributed by atoms with E-state index in [0.717, 1.165) is 17.5 Å². The molecule has 2 heteroatoms. The van der Waals surface area contributed by atoms with Gasteiger partial charge in [-0.15, -0.1) is 0 Å². The molecule has 0 aliphatic heterocycles. The van der Waals surface area contributed by atoms with Gasteiger partial charge in [0, 0.05) is 5.56 Å². The molecule has 0 amide bonds. The van der Waals surface area contributed by atoms with Gasteiger partial charge in [-0.1, -0.05) is 50.8 Å². The fraction of sp³-hybridized carbons (Fsp3) is 0.533. The molecule has 0 unspecified atom stereocenters. The number of rotatable bonds is 7. The van der Waals surface area contributed by atoms with Crippen molar-refractivity contribution in [3.05, 3.63) is 34.9 Å². The van der Waals surface area contributed by atoms with Gasteiger partial charge in [0.1, 0.15) is 0 Å². The van der Waals surface area contributed by atoms with E-state index in [0.29, 0.717) is 0 Å². The minimum Gasteiger partial charge on any atom is -0.281 e. The fourth-order valence-electron chi connectivity index (χ4n) is 2.09. The van der Waals surface area contributed by atoms with E-state index in [1.165, 1.54) is 37.7 Å². The van der Waals surface area contributed by atoms with Gasteiger partial charge in [0.05, 0.1) is 0 Å². The predicted octanol–water partition coefficient (Wildman–Crippen LogP) is 5.04. The topological polar surface area (TPSA) is 17.1 Å². The van der Waals surface area contributed by atoms with Gasteiger partial charge in [-0.3, -0.25) is 4.79 Å². The van der Waals surface area contributed by atoms with Gasteiger partial charge in [-0.05, 0) is 46.8 Å². The first kappa shape index (κ1) is 14.4. The number of carbonyl (C=O) groups is 1. The summed E-state index contributed by atoms with van der Waals surface area (Å²) in [6.07, 6.45) is 7.54. The molecule has 0 spiro atoms. The number of benzene rings is 1. The molecule has 17 heavy (non-hydrogen) atoms. The summed E-state index contributed by atoms with van der Waals surface area (Å²) in [5.41, 5.74) is 3.24. The summed E-state index contributed by atoms with van der Waals surface area (Å²) in [6, 6.07) is 5.99. The standard InChI is InChI=1S/C15H21BrO/c1-3-4-5-6-7-9-13-10-8-11-14(12(13)2)15(16)17/h8,10-11H,3-7,9H2,1-2H3. The molecule has 1 nitrogen and oxygen atoms in total. The molecule has 0 bridgehead atoms. The molecule has 0 aromatic heterocycles. The second-order valence-electron chi connectivity index (χ2n) is 4.53. The minimum atomic E-state index is -0.0113. The van der Waals surface area contributed by atoms with Crippen LogP contribution in [0.2, 0.25) is 0 Å². The Morgan fingerprint density at radius 3 is 2.53 bits per heavy atom. The van der Waals surface area contributed by atoms with Gasteiger partial charge in [0.2, 0.25) is 4.69 Å². The average molecular weight is 297 g/mol. The molecule has 0 saturated carbocycles. The van der Waals surface area contributed by atoms with E-state index < -0.39 is 0 Å². The Labute approximate surface area is 113 Å². The Morgan fingerprint density at radius 1 is 1.18 bits per heavy atom. The van der Waals surface area contributed by atoms with Gasteiger partial charge < -0.3 is 0 Å². The van der Waals surface area contributed by atoms with Gasteiger partial charge in [-0.2, -0.15) is 0 Å². The average Bonchev–Trinajstić information content (AvgIpc) is 2.30. The van der Waals surface area contributed by atoms with E-state index in [1.54, 1.807) is 0 Å². The summed E-state index contributed by atoms with van der Waals surface area (Å²) >= 11 is 3.03. The highest BCUT2D eigenvalue weighted by molar-refractivity contribution is 9.18. The molecule has 0 radical (unpaired) electrons. The van der Waals surface area contributed by atoms with Crippen LogP contribution in [0, 0.1) is 6.92 Å². The Kier molecular flexibility index (Phi) is 6.49. The number of carbonyl (C=O) groups excluding carboxylic acids is 1. The molecule has 0 aliphatic rings. The molecule has 0 fully saturated rings. The zero-order chi connectivity index (χ0) is 12.7. The number of hydrogen-bond acceptors (Lipinski definition) is 1. The summed E-state index contributed by atoms with van der Waals surface area (Å²) in [7, 11) is 0. The summed E-state index contributed by atoms with van der Waals surface area (Å²) < 4.78 is -0.0113. The van der Waals surface area contributed by atoms with Crippen LogP contribution in [0.15, 0.2) is 18.2 Å². The van der Waals surface area contributed by atoms with E-state index in [-0.39, 0.29) is 4.69 Å². The Balaban J connectivity index is 2.54. The molecule has 94 valence electrons. The van der Waals surface area contributed by atoms with E-state index in [4.69, 9.17) is 0 Å². The van der Waals surface area contributed by atoms with Crippen LogP contribution >= 0.6 is 15.9 Å². The van der Waals surface area contributed by atoms with Crippen molar-refractivity contribution in [2.45, 2.75) is 52.4 Å². The molecular formula is C15H21BrO. The van der Waals surface area contributed by atoms with Crippen LogP contribution in [-0.4, -0.2) is 4.69 Å². The Bertz CT molecular complexity index is 371. The van der Waals surface area contributed by atoms with Crippen molar-refractivity contribution in [2.24, 2.45) is 0 Å². The Morgan fingerprint density at radius 2 is 1.88 bits per heavy atom. The van der Waals surface area contributed by atoms with Crippen LogP contribution in [0.3, 0.4) is 0 Å². The van der Waals surface area contributed by atoms with Crippen molar-refractivity contribution in [3.63, 3.8) is 0 Å². The normalized spacial score (nSPS) is 10.5. The first-order chi connectivity index (χ1) is 8.16. The fourth-order valence-corrected chi connectivity index (χ4v) is 2.52. The van der Waals surface area contributed by atoms with Crippen LogP contribution in [0.4, 0.5) is 0 Å². The van der Waals surface area contributed by atoms with E-state index in [2.05, 4.69) is 28.9 Å². The van der Waals surface area contributed by atoms with Crippen molar-refractivity contribution in [1.29, 1.82) is 0 Å². The van der Waals surface area contributed by atoms with Crippen molar-refractivity contribution >= 4 is 20.6 Å². The molecule has 0 saturated heterocycles. The zero-order valence-corrected chi connectivity index (χ0v) is 12.3. The summed E-state index contributed by atoms with van der Waals surface area (Å²) in [5, 5.41) is 0. The third-order valence-corrected chi connectivity index (χ3v) is 3.63. The van der Waals surface area contributed by atoms with Crippen molar-refractivity contribution in [3.8, 4) is 0 Å². The number of hydrogen-bond donors (Lipinski definition) is 0. The molecule has 0 heterocycles. The van der Waals surface area contributed by atoms with Crippen LogP contribution < -0.4 is 0 Å². The monoisotopic (exact) mass is 296 g/mol. The van der Waals surface area contributed by atoms with Crippen LogP contribution in [0.1, 0.15) is 60.5 Å². The third kappa shape index (κ3) is 4.63. The second kappa shape index (κ2) is 7.65. The highest BCUT2D eigenvalue weighted by Gasteiger charge is 2.08. The smallest absolute Gasteiger partial charge is 0.228 e. The van der Waals surface area contributed by atoms with Crippen molar-refractivity contribution < 1.29 is 4.79 Å². The highest BCUT2D eigenvalue weighted by Crippen LogP contribution is 2.19. The Hall–Kier alpha value is -0.630. The first-order valence-corrected chi connectivity index (χ1v) is 7.24. The molecule has 1 aromatic rings. The maximum absolute atomic E-state index is 11.4. The first-order valence-electron chi connectivity index (χ1n) is 6.45. The van der Waals surface area contributed by atoms with Gasteiger partial charge in [0.25, 0.3) is 0 Å². The second-order valence-corrected chi connectivity index (χ2v) is 5.25. The van der Waals surface area contributed by atoms with E-state index >= 15 is 0 Å². The summed E-state index contributed by atoms with van der Waals surface area (Å²) in [4.78, 5) is 11.4. The lowest BCUT2D eigenvalue weighted by atomic mass is 9.98. The summed E-state index contributed by atoms with van der Waals surface area (Å²) in [6.45, 7) is 4.27. The molecule has 1 rings (SSSR count). The lowest BCUT2D eigenvalue weighted by Gasteiger charge is -2.08. The molecule has 1 aromatic carbocycles. The van der Waals surface area contributed by atoms with E-state index in [9.17, 15) is 4.79 Å². The number of aryl methyl sites for hydroxylation is 1. The maximum Gasteiger partial charge on any atom is 0.228 e. The molecule has 0 atom stereocenters. The van der Waals surface area contributed by atoms with Gasteiger partial charge >= 0.3 is 0 Å². The van der Waals surface area contributed by atoms with Crippen LogP contribution in [0.25, 0.3) is 0 Å². The van der Waals surface area contributed by atoms with Gasteiger partial charge in [-0.25, -0.2) is 0 Å². The third-order valence-electron chi connectivity index (χ3n) is 3.21. The van der Waals surface area contributed by atoms with Crippen molar-refractivity contribution in [1.82, 2.24) is 0 Å². The maximum atomic E-state index is 11.4. The molecular weight excluding hydrogens is 276 g/mol.